The molecule has 104 valence electrons. The third kappa shape index (κ3) is 3.60. The normalized spacial score (nSPS) is 11.9. The molecule has 0 aliphatic heterocycles. The molecule has 20 heavy (non-hydrogen) atoms. The molecule has 2 aromatic rings. The average Bonchev–Trinajstić information content (AvgIpc) is 2.42. The van der Waals surface area contributed by atoms with E-state index in [-0.39, 0.29) is 17.7 Å². The number of hydrogen-bond acceptors (Lipinski definition) is 2. The van der Waals surface area contributed by atoms with Crippen LogP contribution in [-0.4, -0.2) is 17.1 Å². The Bertz CT molecular complexity index is 593. The van der Waals surface area contributed by atoms with Gasteiger partial charge in [0.2, 0.25) is 0 Å². The van der Waals surface area contributed by atoms with Crippen LogP contribution < -0.4 is 5.32 Å². The minimum Gasteiger partial charge on any atom is -0.507 e. The fourth-order valence-electron chi connectivity index (χ4n) is 2.15. The lowest BCUT2D eigenvalue weighted by Gasteiger charge is -2.15. The number of aryl methyl sites for hydroxylation is 1. The third-order valence-electron chi connectivity index (χ3n) is 3.16. The zero-order valence-electron chi connectivity index (χ0n) is 11.8. The fraction of sp³-hybridized carbons (Fsp3) is 0.235. The van der Waals surface area contributed by atoms with Gasteiger partial charge in [-0.3, -0.25) is 4.79 Å². The van der Waals surface area contributed by atoms with Gasteiger partial charge in [0.05, 0.1) is 5.56 Å². The monoisotopic (exact) mass is 269 g/mol. The molecule has 1 unspecified atom stereocenters. The van der Waals surface area contributed by atoms with Crippen LogP contribution in [-0.2, 0) is 6.42 Å². The largest absolute Gasteiger partial charge is 0.507 e. The number of aromatic hydroxyl groups is 1. The van der Waals surface area contributed by atoms with E-state index in [1.807, 2.05) is 44.2 Å². The lowest BCUT2D eigenvalue weighted by Crippen LogP contribution is -2.34. The standard InChI is InChI=1S/C17H19NO2/c1-12-8-9-16(19)15(10-12)17(20)18-13(2)11-14-6-4-3-5-7-14/h3-10,13,19H,11H2,1-2H3,(H,18,20). The molecule has 0 aliphatic rings. The molecular weight excluding hydrogens is 250 g/mol. The summed E-state index contributed by atoms with van der Waals surface area (Å²) in [6.45, 7) is 3.85. The zero-order valence-corrected chi connectivity index (χ0v) is 11.8. The van der Waals surface area contributed by atoms with Gasteiger partial charge in [0.1, 0.15) is 5.75 Å². The molecule has 2 aromatic carbocycles. The first-order valence-corrected chi connectivity index (χ1v) is 6.70. The maximum Gasteiger partial charge on any atom is 0.255 e. The Balaban J connectivity index is 2.02. The van der Waals surface area contributed by atoms with Gasteiger partial charge < -0.3 is 10.4 Å². The van der Waals surface area contributed by atoms with Crippen LogP contribution in [0.5, 0.6) is 5.75 Å². The molecule has 3 heteroatoms. The van der Waals surface area contributed by atoms with Crippen molar-refractivity contribution in [3.05, 3.63) is 65.2 Å². The van der Waals surface area contributed by atoms with Gasteiger partial charge in [-0.05, 0) is 38.0 Å². The highest BCUT2D eigenvalue weighted by atomic mass is 16.3. The summed E-state index contributed by atoms with van der Waals surface area (Å²) in [7, 11) is 0. The minimum atomic E-state index is -0.241. The number of hydrogen-bond donors (Lipinski definition) is 2. The van der Waals surface area contributed by atoms with Crippen LogP contribution >= 0.6 is 0 Å². The molecule has 0 heterocycles. The van der Waals surface area contributed by atoms with E-state index in [0.717, 1.165) is 12.0 Å². The van der Waals surface area contributed by atoms with Crippen molar-refractivity contribution in [3.63, 3.8) is 0 Å². The highest BCUT2D eigenvalue weighted by Gasteiger charge is 2.14. The van der Waals surface area contributed by atoms with Crippen molar-refractivity contribution < 1.29 is 9.90 Å². The summed E-state index contributed by atoms with van der Waals surface area (Å²) in [4.78, 5) is 12.1. The minimum absolute atomic E-state index is 0.00446. The lowest BCUT2D eigenvalue weighted by atomic mass is 10.1. The Morgan fingerprint density at radius 1 is 1.20 bits per heavy atom. The number of phenols is 1. The molecule has 2 rings (SSSR count). The first kappa shape index (κ1) is 14.1. The predicted octanol–water partition coefficient (Wildman–Crippen LogP) is 3.06. The second kappa shape index (κ2) is 6.24. The van der Waals surface area contributed by atoms with E-state index in [2.05, 4.69) is 5.32 Å². The predicted molar refractivity (Wildman–Crippen MR) is 79.9 cm³/mol. The van der Waals surface area contributed by atoms with Gasteiger partial charge in [-0.1, -0.05) is 42.0 Å². The Labute approximate surface area is 119 Å². The van der Waals surface area contributed by atoms with E-state index in [1.54, 1.807) is 18.2 Å². The number of benzene rings is 2. The van der Waals surface area contributed by atoms with Crippen LogP contribution in [0.1, 0.15) is 28.4 Å². The molecule has 0 saturated heterocycles. The number of amides is 1. The SMILES string of the molecule is Cc1ccc(O)c(C(=O)NC(C)Cc2ccccc2)c1. The summed E-state index contributed by atoms with van der Waals surface area (Å²) in [5.74, 6) is -0.227. The third-order valence-corrected chi connectivity index (χ3v) is 3.16. The summed E-state index contributed by atoms with van der Waals surface area (Å²) in [5, 5.41) is 12.7. The summed E-state index contributed by atoms with van der Waals surface area (Å²) in [6, 6.07) is 15.0. The van der Waals surface area contributed by atoms with Crippen LogP contribution in [0.15, 0.2) is 48.5 Å². The second-order valence-corrected chi connectivity index (χ2v) is 5.08. The molecule has 2 N–H and O–H groups in total. The first-order valence-electron chi connectivity index (χ1n) is 6.70. The number of carbonyl (C=O) groups is 1. The van der Waals surface area contributed by atoms with Crippen molar-refractivity contribution in [2.24, 2.45) is 0 Å². The molecule has 0 radical (unpaired) electrons. The number of rotatable bonds is 4. The zero-order chi connectivity index (χ0) is 14.5. The van der Waals surface area contributed by atoms with E-state index in [9.17, 15) is 9.90 Å². The topological polar surface area (TPSA) is 49.3 Å². The quantitative estimate of drug-likeness (QED) is 0.896. The maximum absolute atomic E-state index is 12.1. The van der Waals surface area contributed by atoms with E-state index in [4.69, 9.17) is 0 Å². The summed E-state index contributed by atoms with van der Waals surface area (Å²) >= 11 is 0. The maximum atomic E-state index is 12.1. The molecule has 1 atom stereocenters. The van der Waals surface area contributed by atoms with Crippen molar-refractivity contribution in [3.8, 4) is 5.75 Å². The van der Waals surface area contributed by atoms with E-state index in [1.165, 1.54) is 5.56 Å². The van der Waals surface area contributed by atoms with Crippen molar-refractivity contribution in [1.82, 2.24) is 5.32 Å². The van der Waals surface area contributed by atoms with E-state index in [0.29, 0.717) is 5.56 Å². The van der Waals surface area contributed by atoms with Gasteiger partial charge in [-0.2, -0.15) is 0 Å². The smallest absolute Gasteiger partial charge is 0.255 e. The van der Waals surface area contributed by atoms with Crippen molar-refractivity contribution in [2.45, 2.75) is 26.3 Å². The molecule has 0 aromatic heterocycles. The Hall–Kier alpha value is -2.29. The number of nitrogens with one attached hydrogen (secondary N) is 1. The van der Waals surface area contributed by atoms with E-state index < -0.39 is 0 Å². The fourth-order valence-corrected chi connectivity index (χ4v) is 2.15. The Morgan fingerprint density at radius 2 is 1.90 bits per heavy atom. The first-order chi connectivity index (χ1) is 9.56. The highest BCUT2D eigenvalue weighted by Crippen LogP contribution is 2.18. The van der Waals surface area contributed by atoms with Crippen molar-refractivity contribution in [2.75, 3.05) is 0 Å². The van der Waals surface area contributed by atoms with Crippen LogP contribution in [0.2, 0.25) is 0 Å². The highest BCUT2D eigenvalue weighted by molar-refractivity contribution is 5.97. The van der Waals surface area contributed by atoms with Gasteiger partial charge in [-0.15, -0.1) is 0 Å². The van der Waals surface area contributed by atoms with E-state index >= 15 is 0 Å². The summed E-state index contributed by atoms with van der Waals surface area (Å²) in [6.07, 6.45) is 0.763. The second-order valence-electron chi connectivity index (χ2n) is 5.08. The molecule has 0 saturated carbocycles. The molecule has 3 nitrogen and oxygen atoms in total. The van der Waals surface area contributed by atoms with Crippen LogP contribution in [0.25, 0.3) is 0 Å². The van der Waals surface area contributed by atoms with Crippen molar-refractivity contribution >= 4 is 5.91 Å². The van der Waals surface area contributed by atoms with Gasteiger partial charge in [0.15, 0.2) is 0 Å². The summed E-state index contributed by atoms with van der Waals surface area (Å²) < 4.78 is 0. The lowest BCUT2D eigenvalue weighted by molar-refractivity contribution is 0.0937. The molecule has 1 amide bonds. The van der Waals surface area contributed by atoms with Gasteiger partial charge in [0, 0.05) is 6.04 Å². The average molecular weight is 269 g/mol. The van der Waals surface area contributed by atoms with Gasteiger partial charge in [-0.25, -0.2) is 0 Å². The molecule has 0 aliphatic carbocycles. The Kier molecular flexibility index (Phi) is 4.41. The molecular formula is C17H19NO2. The summed E-state index contributed by atoms with van der Waals surface area (Å²) in [5.41, 5.74) is 2.45. The van der Waals surface area contributed by atoms with Gasteiger partial charge >= 0.3 is 0 Å². The van der Waals surface area contributed by atoms with Crippen LogP contribution in [0, 0.1) is 6.92 Å². The van der Waals surface area contributed by atoms with Crippen molar-refractivity contribution in [1.29, 1.82) is 0 Å². The van der Waals surface area contributed by atoms with Crippen LogP contribution in [0.4, 0.5) is 0 Å². The molecule has 0 spiro atoms. The Morgan fingerprint density at radius 3 is 2.60 bits per heavy atom. The van der Waals surface area contributed by atoms with Gasteiger partial charge in [0.25, 0.3) is 5.91 Å². The number of carbonyl (C=O) groups excluding carboxylic acids is 1. The van der Waals surface area contributed by atoms with Crippen LogP contribution in [0.3, 0.4) is 0 Å². The molecule has 0 fully saturated rings. The molecule has 0 bridgehead atoms. The number of phenolic OH excluding ortho intramolecular Hbond substituents is 1.